The fraction of sp³-hybridized carbons (Fsp3) is 0.667. The Kier molecular flexibility index (Phi) is 4.94. The third kappa shape index (κ3) is 3.65. The van der Waals surface area contributed by atoms with Crippen molar-refractivity contribution in [1.82, 2.24) is 9.80 Å². The van der Waals surface area contributed by atoms with Gasteiger partial charge in [0.25, 0.3) is 0 Å². The Labute approximate surface area is 129 Å². The first-order valence-electron chi connectivity index (χ1n) is 8.51. The number of nitrogens with zero attached hydrogens (tertiary/aromatic N) is 2. The van der Waals surface area contributed by atoms with Crippen molar-refractivity contribution in [2.45, 2.75) is 57.3 Å². The summed E-state index contributed by atoms with van der Waals surface area (Å²) in [5.74, 6) is 0. The Morgan fingerprint density at radius 1 is 1.05 bits per heavy atom. The van der Waals surface area contributed by atoms with Crippen molar-refractivity contribution in [2.24, 2.45) is 5.73 Å². The highest BCUT2D eigenvalue weighted by atomic mass is 15.2. The molecule has 2 unspecified atom stereocenters. The lowest BCUT2D eigenvalue weighted by atomic mass is 9.93. The quantitative estimate of drug-likeness (QED) is 0.927. The molecular weight excluding hydrogens is 258 g/mol. The molecular formula is C18H29N3. The van der Waals surface area contributed by atoms with E-state index in [1.807, 2.05) is 0 Å². The van der Waals surface area contributed by atoms with Crippen molar-refractivity contribution < 1.29 is 0 Å². The standard InChI is InChI=1S/C18H29N3/c1-15-18(19)8-5-11-21(15)17-9-12-20(13-10-17)14-16-6-3-2-4-7-16/h2-4,6-7,15,17-18H,5,8-14,19H2,1H3. The summed E-state index contributed by atoms with van der Waals surface area (Å²) >= 11 is 0. The maximum absolute atomic E-state index is 6.25. The molecule has 2 fully saturated rings. The highest BCUT2D eigenvalue weighted by molar-refractivity contribution is 5.14. The van der Waals surface area contributed by atoms with Crippen molar-refractivity contribution in [3.05, 3.63) is 35.9 Å². The highest BCUT2D eigenvalue weighted by Crippen LogP contribution is 2.25. The molecule has 2 N–H and O–H groups in total. The molecule has 3 rings (SSSR count). The molecule has 0 radical (unpaired) electrons. The van der Waals surface area contributed by atoms with E-state index in [1.165, 1.54) is 50.9 Å². The molecule has 1 aromatic carbocycles. The van der Waals surface area contributed by atoms with Gasteiger partial charge in [0.15, 0.2) is 0 Å². The van der Waals surface area contributed by atoms with E-state index in [4.69, 9.17) is 5.73 Å². The van der Waals surface area contributed by atoms with Crippen molar-refractivity contribution in [3.63, 3.8) is 0 Å². The first kappa shape index (κ1) is 15.0. The molecule has 3 heteroatoms. The molecule has 2 aliphatic heterocycles. The number of benzene rings is 1. The van der Waals surface area contributed by atoms with Gasteiger partial charge in [-0.1, -0.05) is 30.3 Å². The fourth-order valence-electron chi connectivity index (χ4n) is 3.97. The van der Waals surface area contributed by atoms with Crippen LogP contribution >= 0.6 is 0 Å². The van der Waals surface area contributed by atoms with Gasteiger partial charge in [-0.2, -0.15) is 0 Å². The number of likely N-dealkylation sites (tertiary alicyclic amines) is 2. The summed E-state index contributed by atoms with van der Waals surface area (Å²) in [6, 6.07) is 12.5. The molecule has 2 aliphatic rings. The van der Waals surface area contributed by atoms with Crippen LogP contribution in [0.2, 0.25) is 0 Å². The summed E-state index contributed by atoms with van der Waals surface area (Å²) in [4.78, 5) is 5.29. The van der Waals surface area contributed by atoms with Gasteiger partial charge in [0.2, 0.25) is 0 Å². The van der Waals surface area contributed by atoms with Gasteiger partial charge in [-0.25, -0.2) is 0 Å². The van der Waals surface area contributed by atoms with Gasteiger partial charge in [0, 0.05) is 24.7 Å². The molecule has 1 aromatic rings. The number of hydrogen-bond donors (Lipinski definition) is 1. The van der Waals surface area contributed by atoms with Crippen LogP contribution in [0.3, 0.4) is 0 Å². The molecule has 0 saturated carbocycles. The number of hydrogen-bond acceptors (Lipinski definition) is 3. The molecule has 21 heavy (non-hydrogen) atoms. The second-order valence-electron chi connectivity index (χ2n) is 6.78. The van der Waals surface area contributed by atoms with Crippen LogP contribution in [0.4, 0.5) is 0 Å². The zero-order valence-corrected chi connectivity index (χ0v) is 13.2. The van der Waals surface area contributed by atoms with Crippen molar-refractivity contribution in [1.29, 1.82) is 0 Å². The Bertz CT molecular complexity index is 425. The van der Waals surface area contributed by atoms with Gasteiger partial charge in [0.1, 0.15) is 0 Å². The Morgan fingerprint density at radius 2 is 1.76 bits per heavy atom. The molecule has 0 bridgehead atoms. The molecule has 3 nitrogen and oxygen atoms in total. The summed E-state index contributed by atoms with van der Waals surface area (Å²) in [5, 5.41) is 0. The lowest BCUT2D eigenvalue weighted by Gasteiger charge is -2.45. The summed E-state index contributed by atoms with van der Waals surface area (Å²) in [6.07, 6.45) is 5.06. The lowest BCUT2D eigenvalue weighted by Crippen LogP contribution is -2.56. The fourth-order valence-corrected chi connectivity index (χ4v) is 3.97. The minimum Gasteiger partial charge on any atom is -0.326 e. The maximum atomic E-state index is 6.25. The van der Waals surface area contributed by atoms with Crippen molar-refractivity contribution >= 4 is 0 Å². The van der Waals surface area contributed by atoms with Crippen molar-refractivity contribution in [2.75, 3.05) is 19.6 Å². The van der Waals surface area contributed by atoms with E-state index >= 15 is 0 Å². The highest BCUT2D eigenvalue weighted by Gasteiger charge is 2.32. The Hall–Kier alpha value is -0.900. The van der Waals surface area contributed by atoms with Gasteiger partial charge in [-0.15, -0.1) is 0 Å². The van der Waals surface area contributed by atoms with E-state index in [0.717, 1.165) is 12.6 Å². The summed E-state index contributed by atoms with van der Waals surface area (Å²) < 4.78 is 0. The van der Waals surface area contributed by atoms with E-state index in [-0.39, 0.29) is 0 Å². The van der Waals surface area contributed by atoms with Crippen molar-refractivity contribution in [3.8, 4) is 0 Å². The maximum Gasteiger partial charge on any atom is 0.0233 e. The second-order valence-corrected chi connectivity index (χ2v) is 6.78. The molecule has 2 heterocycles. The van der Waals surface area contributed by atoms with Gasteiger partial charge in [0.05, 0.1) is 0 Å². The Morgan fingerprint density at radius 3 is 2.48 bits per heavy atom. The van der Waals surface area contributed by atoms with Crippen LogP contribution in [0.25, 0.3) is 0 Å². The molecule has 0 spiro atoms. The largest absolute Gasteiger partial charge is 0.326 e. The third-order valence-corrected chi connectivity index (χ3v) is 5.37. The summed E-state index contributed by atoms with van der Waals surface area (Å²) in [6.45, 7) is 7.11. The van der Waals surface area contributed by atoms with E-state index in [1.54, 1.807) is 0 Å². The van der Waals surface area contributed by atoms with Gasteiger partial charge >= 0.3 is 0 Å². The normalized spacial score (nSPS) is 29.6. The number of nitrogens with two attached hydrogens (primary N) is 1. The predicted octanol–water partition coefficient (Wildman–Crippen LogP) is 2.46. The molecule has 2 atom stereocenters. The summed E-state index contributed by atoms with van der Waals surface area (Å²) in [7, 11) is 0. The van der Waals surface area contributed by atoms with Crippen LogP contribution < -0.4 is 5.73 Å². The molecule has 0 aliphatic carbocycles. The van der Waals surface area contributed by atoms with Gasteiger partial charge in [-0.3, -0.25) is 9.80 Å². The van der Waals surface area contributed by atoms with Crippen LogP contribution in [-0.2, 0) is 6.54 Å². The van der Waals surface area contributed by atoms with Crippen LogP contribution in [-0.4, -0.2) is 47.6 Å². The average Bonchev–Trinajstić information content (AvgIpc) is 2.52. The average molecular weight is 287 g/mol. The second kappa shape index (κ2) is 6.91. The zero-order chi connectivity index (χ0) is 14.7. The van der Waals surface area contributed by atoms with Crippen LogP contribution in [0.5, 0.6) is 0 Å². The van der Waals surface area contributed by atoms with E-state index in [2.05, 4.69) is 47.1 Å². The predicted molar refractivity (Wildman–Crippen MR) is 88.1 cm³/mol. The van der Waals surface area contributed by atoms with E-state index < -0.39 is 0 Å². The summed E-state index contributed by atoms with van der Waals surface area (Å²) in [5.41, 5.74) is 7.69. The lowest BCUT2D eigenvalue weighted by molar-refractivity contribution is 0.0463. The van der Waals surface area contributed by atoms with Gasteiger partial charge < -0.3 is 5.73 Å². The minimum atomic E-state index is 0.376. The first-order chi connectivity index (χ1) is 10.2. The minimum absolute atomic E-state index is 0.376. The molecule has 116 valence electrons. The van der Waals surface area contributed by atoms with Gasteiger partial charge in [-0.05, 0) is 57.8 Å². The number of rotatable bonds is 3. The van der Waals surface area contributed by atoms with Crippen LogP contribution in [0.15, 0.2) is 30.3 Å². The van der Waals surface area contributed by atoms with Crippen LogP contribution in [0, 0.1) is 0 Å². The van der Waals surface area contributed by atoms with E-state index in [9.17, 15) is 0 Å². The topological polar surface area (TPSA) is 32.5 Å². The molecule has 2 saturated heterocycles. The molecule has 0 amide bonds. The smallest absolute Gasteiger partial charge is 0.0233 e. The van der Waals surface area contributed by atoms with E-state index in [0.29, 0.717) is 12.1 Å². The SMILES string of the molecule is CC1C(N)CCCN1C1CCN(Cc2ccccc2)CC1. The third-order valence-electron chi connectivity index (χ3n) is 5.37. The monoisotopic (exact) mass is 287 g/mol. The first-order valence-corrected chi connectivity index (χ1v) is 8.51. The Balaban J connectivity index is 1.51. The number of piperidine rings is 2. The molecule has 0 aromatic heterocycles. The zero-order valence-electron chi connectivity index (χ0n) is 13.2. The van der Waals surface area contributed by atoms with Crippen LogP contribution in [0.1, 0.15) is 38.2 Å².